The predicted molar refractivity (Wildman–Crippen MR) is 73.6 cm³/mol. The highest BCUT2D eigenvalue weighted by molar-refractivity contribution is 7.16. The van der Waals surface area contributed by atoms with Crippen molar-refractivity contribution in [2.24, 2.45) is 0 Å². The standard InChI is InChI=1S/C12H10ClN3S/c1-6-4-8(11(14)17-6)12-15-9-3-2-7(13)5-10(9)16-12/h2-5H,14H2,1H3,(H,15,16). The van der Waals surface area contributed by atoms with Gasteiger partial charge in [-0.15, -0.1) is 11.3 Å². The number of aromatic nitrogens is 2. The third kappa shape index (κ3) is 1.79. The molecule has 0 saturated carbocycles. The van der Waals surface area contributed by atoms with E-state index < -0.39 is 0 Å². The van der Waals surface area contributed by atoms with E-state index in [-0.39, 0.29) is 0 Å². The van der Waals surface area contributed by atoms with E-state index >= 15 is 0 Å². The summed E-state index contributed by atoms with van der Waals surface area (Å²) in [7, 11) is 0. The van der Waals surface area contributed by atoms with Crippen LogP contribution in [-0.2, 0) is 0 Å². The van der Waals surface area contributed by atoms with Crippen LogP contribution in [0.25, 0.3) is 22.4 Å². The maximum absolute atomic E-state index is 5.96. The molecule has 3 N–H and O–H groups in total. The highest BCUT2D eigenvalue weighted by Crippen LogP contribution is 2.33. The summed E-state index contributed by atoms with van der Waals surface area (Å²) in [6, 6.07) is 7.63. The predicted octanol–water partition coefficient (Wildman–Crippen LogP) is 3.84. The second-order valence-corrected chi connectivity index (χ2v) is 5.61. The van der Waals surface area contributed by atoms with Gasteiger partial charge in [0.05, 0.1) is 21.6 Å². The van der Waals surface area contributed by atoms with E-state index in [9.17, 15) is 0 Å². The number of halogens is 1. The number of anilines is 1. The first-order chi connectivity index (χ1) is 8.13. The monoisotopic (exact) mass is 263 g/mol. The molecule has 0 amide bonds. The normalized spacial score (nSPS) is 11.2. The van der Waals surface area contributed by atoms with Crippen LogP contribution in [0.2, 0.25) is 5.02 Å². The van der Waals surface area contributed by atoms with E-state index in [2.05, 4.69) is 9.97 Å². The molecule has 17 heavy (non-hydrogen) atoms. The van der Waals surface area contributed by atoms with Crippen molar-refractivity contribution in [3.05, 3.63) is 34.2 Å². The number of benzene rings is 1. The Hall–Kier alpha value is -1.52. The van der Waals surface area contributed by atoms with Crippen molar-refractivity contribution in [3.63, 3.8) is 0 Å². The zero-order valence-corrected chi connectivity index (χ0v) is 10.7. The van der Waals surface area contributed by atoms with Crippen molar-refractivity contribution in [3.8, 4) is 11.4 Å². The number of H-pyrrole nitrogens is 1. The summed E-state index contributed by atoms with van der Waals surface area (Å²) in [5.74, 6) is 0.795. The van der Waals surface area contributed by atoms with Gasteiger partial charge in [0, 0.05) is 9.90 Å². The van der Waals surface area contributed by atoms with E-state index in [4.69, 9.17) is 17.3 Å². The van der Waals surface area contributed by atoms with Crippen LogP contribution < -0.4 is 5.73 Å². The number of aromatic amines is 1. The summed E-state index contributed by atoms with van der Waals surface area (Å²) in [5, 5.41) is 1.48. The summed E-state index contributed by atoms with van der Waals surface area (Å²) in [5.41, 5.74) is 8.74. The second kappa shape index (κ2) is 3.75. The van der Waals surface area contributed by atoms with Gasteiger partial charge < -0.3 is 10.7 Å². The number of hydrogen-bond donors (Lipinski definition) is 2. The highest BCUT2D eigenvalue weighted by atomic mass is 35.5. The Morgan fingerprint density at radius 1 is 1.35 bits per heavy atom. The Kier molecular flexibility index (Phi) is 2.34. The molecule has 0 radical (unpaired) electrons. The molecule has 0 fully saturated rings. The minimum atomic E-state index is 0.696. The van der Waals surface area contributed by atoms with Crippen LogP contribution >= 0.6 is 22.9 Å². The average molecular weight is 264 g/mol. The largest absolute Gasteiger partial charge is 0.390 e. The number of fused-ring (bicyclic) bond motifs is 1. The lowest BCUT2D eigenvalue weighted by atomic mass is 10.3. The molecule has 3 rings (SSSR count). The Morgan fingerprint density at radius 2 is 2.18 bits per heavy atom. The fourth-order valence-corrected chi connectivity index (χ4v) is 2.79. The van der Waals surface area contributed by atoms with Crippen molar-refractivity contribution >= 4 is 39.0 Å². The van der Waals surface area contributed by atoms with Crippen LogP contribution in [0.15, 0.2) is 24.3 Å². The Bertz CT molecular complexity index is 699. The molecule has 2 aromatic heterocycles. The minimum Gasteiger partial charge on any atom is -0.390 e. The molecule has 3 aromatic rings. The molecule has 0 spiro atoms. The molecule has 0 atom stereocenters. The number of thiophene rings is 1. The van der Waals surface area contributed by atoms with Gasteiger partial charge in [-0.1, -0.05) is 11.6 Å². The summed E-state index contributed by atoms with van der Waals surface area (Å²) in [4.78, 5) is 8.93. The zero-order chi connectivity index (χ0) is 12.0. The number of aryl methyl sites for hydroxylation is 1. The molecule has 0 saturated heterocycles. The van der Waals surface area contributed by atoms with E-state index in [0.717, 1.165) is 27.4 Å². The van der Waals surface area contributed by atoms with Crippen LogP contribution in [0.5, 0.6) is 0 Å². The lowest BCUT2D eigenvalue weighted by Gasteiger charge is -1.92. The zero-order valence-electron chi connectivity index (χ0n) is 9.12. The van der Waals surface area contributed by atoms with Crippen LogP contribution in [0, 0.1) is 6.92 Å². The van der Waals surface area contributed by atoms with Crippen LogP contribution in [0.3, 0.4) is 0 Å². The van der Waals surface area contributed by atoms with Crippen molar-refractivity contribution in [1.29, 1.82) is 0 Å². The number of hydrogen-bond acceptors (Lipinski definition) is 3. The SMILES string of the molecule is Cc1cc(-c2nc3ccc(Cl)cc3[nH]2)c(N)s1. The Balaban J connectivity index is 2.21. The summed E-state index contributed by atoms with van der Waals surface area (Å²) in [6.07, 6.45) is 0. The lowest BCUT2D eigenvalue weighted by Crippen LogP contribution is -1.84. The Morgan fingerprint density at radius 3 is 2.88 bits per heavy atom. The molecule has 0 aliphatic rings. The second-order valence-electron chi connectivity index (χ2n) is 3.88. The summed E-state index contributed by atoms with van der Waals surface area (Å²) < 4.78 is 0. The third-order valence-electron chi connectivity index (χ3n) is 2.58. The van der Waals surface area contributed by atoms with Gasteiger partial charge >= 0.3 is 0 Å². The molecule has 1 aromatic carbocycles. The fourth-order valence-electron chi connectivity index (χ4n) is 1.83. The number of nitrogens with zero attached hydrogens (tertiary/aromatic N) is 1. The fraction of sp³-hybridized carbons (Fsp3) is 0.0833. The van der Waals surface area contributed by atoms with Gasteiger partial charge in [0.1, 0.15) is 5.82 Å². The van der Waals surface area contributed by atoms with Gasteiger partial charge in [-0.25, -0.2) is 4.98 Å². The number of imidazole rings is 1. The first-order valence-corrected chi connectivity index (χ1v) is 6.34. The van der Waals surface area contributed by atoms with Gasteiger partial charge in [0.15, 0.2) is 0 Å². The van der Waals surface area contributed by atoms with E-state index in [1.54, 1.807) is 11.3 Å². The lowest BCUT2D eigenvalue weighted by molar-refractivity contribution is 1.34. The maximum atomic E-state index is 5.96. The minimum absolute atomic E-state index is 0.696. The van der Waals surface area contributed by atoms with Crippen molar-refractivity contribution < 1.29 is 0 Å². The summed E-state index contributed by atoms with van der Waals surface area (Å²) >= 11 is 7.51. The molecule has 0 aliphatic carbocycles. The summed E-state index contributed by atoms with van der Waals surface area (Å²) in [6.45, 7) is 2.03. The van der Waals surface area contributed by atoms with E-state index in [1.807, 2.05) is 31.2 Å². The van der Waals surface area contributed by atoms with Crippen LogP contribution in [-0.4, -0.2) is 9.97 Å². The van der Waals surface area contributed by atoms with Crippen molar-refractivity contribution in [2.75, 3.05) is 5.73 Å². The maximum Gasteiger partial charge on any atom is 0.141 e. The molecule has 0 unspecified atom stereocenters. The van der Waals surface area contributed by atoms with Gasteiger partial charge in [0.2, 0.25) is 0 Å². The van der Waals surface area contributed by atoms with Crippen molar-refractivity contribution in [1.82, 2.24) is 9.97 Å². The van der Waals surface area contributed by atoms with E-state index in [0.29, 0.717) is 5.02 Å². The molecule has 0 aliphatic heterocycles. The van der Waals surface area contributed by atoms with Crippen molar-refractivity contribution in [2.45, 2.75) is 6.92 Å². The van der Waals surface area contributed by atoms with Gasteiger partial charge in [0.25, 0.3) is 0 Å². The van der Waals surface area contributed by atoms with Gasteiger partial charge in [-0.05, 0) is 31.2 Å². The first-order valence-electron chi connectivity index (χ1n) is 5.15. The number of nitrogen functional groups attached to an aromatic ring is 1. The van der Waals surface area contributed by atoms with Crippen LogP contribution in [0.1, 0.15) is 4.88 Å². The number of rotatable bonds is 1. The third-order valence-corrected chi connectivity index (χ3v) is 3.70. The first kappa shape index (κ1) is 10.6. The molecule has 2 heterocycles. The molecular weight excluding hydrogens is 254 g/mol. The molecule has 3 nitrogen and oxygen atoms in total. The van der Waals surface area contributed by atoms with Gasteiger partial charge in [-0.3, -0.25) is 0 Å². The topological polar surface area (TPSA) is 54.7 Å². The molecule has 0 bridgehead atoms. The quantitative estimate of drug-likeness (QED) is 0.701. The number of nitrogens with two attached hydrogens (primary N) is 1. The van der Waals surface area contributed by atoms with Crippen LogP contribution in [0.4, 0.5) is 5.00 Å². The van der Waals surface area contributed by atoms with E-state index in [1.165, 1.54) is 4.88 Å². The smallest absolute Gasteiger partial charge is 0.141 e. The molecule has 5 heteroatoms. The van der Waals surface area contributed by atoms with Gasteiger partial charge in [-0.2, -0.15) is 0 Å². The average Bonchev–Trinajstić information content (AvgIpc) is 2.80. The number of nitrogens with one attached hydrogen (secondary N) is 1. The Labute approximate surface area is 107 Å². The highest BCUT2D eigenvalue weighted by Gasteiger charge is 2.11. The molecular formula is C12H10ClN3S. The molecule has 86 valence electrons.